The number of alkyl halides is 2. The van der Waals surface area contributed by atoms with Gasteiger partial charge >= 0.3 is 5.69 Å². The number of nitrogens with one attached hydrogen (secondary N) is 1. The number of halogens is 2. The van der Waals surface area contributed by atoms with Crippen LogP contribution in [0.25, 0.3) is 22.4 Å². The average Bonchev–Trinajstić information content (AvgIpc) is 3.50. The topological polar surface area (TPSA) is 169 Å². The summed E-state index contributed by atoms with van der Waals surface area (Å²) in [5.41, 5.74) is -0.545. The molecule has 0 radical (unpaired) electrons. The maximum Gasteiger partial charge on any atom is 0.332 e. The average molecular weight is 553 g/mol. The number of carbonyl (C=O) groups excluding carboxylic acids is 1. The number of hydrogen-bond donors (Lipinski definition) is 1. The van der Waals surface area contributed by atoms with Crippen molar-refractivity contribution in [1.82, 2.24) is 43.8 Å². The van der Waals surface area contributed by atoms with Gasteiger partial charge in [0.2, 0.25) is 11.8 Å². The van der Waals surface area contributed by atoms with Crippen molar-refractivity contribution in [1.29, 1.82) is 0 Å². The maximum atomic E-state index is 13.7. The molecule has 5 aromatic rings. The number of aromatic nitrogens is 9. The van der Waals surface area contributed by atoms with Crippen molar-refractivity contribution in [2.75, 3.05) is 5.32 Å². The van der Waals surface area contributed by atoms with Crippen molar-refractivity contribution in [2.24, 2.45) is 7.05 Å². The molecule has 0 unspecified atom stereocenters. The molecule has 1 N–H and O–H groups in total. The summed E-state index contributed by atoms with van der Waals surface area (Å²) in [6.45, 7) is 3.30. The van der Waals surface area contributed by atoms with E-state index in [4.69, 9.17) is 4.52 Å². The summed E-state index contributed by atoms with van der Waals surface area (Å²) >= 11 is 0. The second kappa shape index (κ2) is 9.87. The van der Waals surface area contributed by atoms with E-state index in [-0.39, 0.29) is 47.2 Å². The first-order chi connectivity index (χ1) is 18.9. The minimum Gasteiger partial charge on any atom is -0.337 e. The van der Waals surface area contributed by atoms with Crippen molar-refractivity contribution < 1.29 is 18.1 Å². The van der Waals surface area contributed by atoms with E-state index in [0.29, 0.717) is 17.1 Å². The highest BCUT2D eigenvalue weighted by Gasteiger charge is 2.28. The molecule has 40 heavy (non-hydrogen) atoms. The van der Waals surface area contributed by atoms with Crippen LogP contribution in [0.5, 0.6) is 0 Å². The van der Waals surface area contributed by atoms with E-state index in [9.17, 15) is 23.2 Å². The Balaban J connectivity index is 1.40. The summed E-state index contributed by atoms with van der Waals surface area (Å²) in [4.78, 5) is 59.3. The normalized spacial score (nSPS) is 11.8. The molecule has 5 aromatic heterocycles. The van der Waals surface area contributed by atoms with Gasteiger partial charge in [-0.25, -0.2) is 19.3 Å². The van der Waals surface area contributed by atoms with E-state index in [1.54, 1.807) is 6.92 Å². The lowest BCUT2D eigenvalue weighted by atomic mass is 10.1. The number of hydrogen-bond acceptors (Lipinski definition) is 10. The van der Waals surface area contributed by atoms with Crippen LogP contribution in [0.3, 0.4) is 0 Å². The molecule has 1 amide bonds. The first-order valence-electron chi connectivity index (χ1n) is 11.8. The zero-order valence-electron chi connectivity index (χ0n) is 21.7. The summed E-state index contributed by atoms with van der Waals surface area (Å²) in [6.07, 6.45) is 5.25. The highest BCUT2D eigenvalue weighted by Crippen LogP contribution is 2.30. The minimum absolute atomic E-state index is 0.0164. The van der Waals surface area contributed by atoms with Crippen LogP contribution < -0.4 is 16.6 Å². The Hall–Kier alpha value is -5.15. The van der Waals surface area contributed by atoms with E-state index in [0.717, 1.165) is 11.5 Å². The van der Waals surface area contributed by atoms with Crippen molar-refractivity contribution >= 4 is 22.9 Å². The molecule has 0 atom stereocenters. The Morgan fingerprint density at radius 3 is 2.58 bits per heavy atom. The standard InChI is InChI=1S/C24H22F2N10O4/c1-12-5-14(6-28-20(12)24(3,25)26)15-7-27-8-16(31-15)32-17(37)9-35-11-29-21-19(35)22(38)36(23(39)34(21)4)10-18-30-13(2)33-40-18/h5-8,11H,9-10H2,1-4H3,(H,31,32,37). The molecule has 14 nitrogen and oxygen atoms in total. The molecule has 0 bridgehead atoms. The van der Waals surface area contributed by atoms with Crippen LogP contribution in [0.4, 0.5) is 14.6 Å². The van der Waals surface area contributed by atoms with Crippen LogP contribution in [0, 0.1) is 13.8 Å². The highest BCUT2D eigenvalue weighted by molar-refractivity contribution is 5.90. The van der Waals surface area contributed by atoms with Gasteiger partial charge < -0.3 is 14.4 Å². The van der Waals surface area contributed by atoms with Crippen molar-refractivity contribution in [3.05, 3.63) is 74.8 Å². The summed E-state index contributed by atoms with van der Waals surface area (Å²) in [5.74, 6) is -3.15. The van der Waals surface area contributed by atoms with Gasteiger partial charge in [-0.2, -0.15) is 13.8 Å². The van der Waals surface area contributed by atoms with Gasteiger partial charge in [-0.05, 0) is 25.5 Å². The first-order valence-corrected chi connectivity index (χ1v) is 11.8. The summed E-state index contributed by atoms with van der Waals surface area (Å²) in [5, 5.41) is 6.26. The second-order valence-electron chi connectivity index (χ2n) is 9.13. The highest BCUT2D eigenvalue weighted by atomic mass is 19.3. The summed E-state index contributed by atoms with van der Waals surface area (Å²) < 4.78 is 35.8. The molecule has 0 saturated carbocycles. The lowest BCUT2D eigenvalue weighted by molar-refractivity contribution is -0.116. The number of carbonyl (C=O) groups is 1. The molecule has 16 heteroatoms. The van der Waals surface area contributed by atoms with Crippen molar-refractivity contribution in [3.63, 3.8) is 0 Å². The van der Waals surface area contributed by atoms with E-state index < -0.39 is 23.1 Å². The molecule has 5 heterocycles. The fourth-order valence-electron chi connectivity index (χ4n) is 4.20. The molecular weight excluding hydrogens is 530 g/mol. The summed E-state index contributed by atoms with van der Waals surface area (Å²) in [6, 6.07) is 1.51. The van der Waals surface area contributed by atoms with Crippen molar-refractivity contribution in [3.8, 4) is 11.3 Å². The fourth-order valence-corrected chi connectivity index (χ4v) is 4.20. The molecule has 0 saturated heterocycles. The van der Waals surface area contributed by atoms with Crippen LogP contribution in [0.2, 0.25) is 0 Å². The van der Waals surface area contributed by atoms with E-state index in [1.165, 1.54) is 54.1 Å². The Labute approximate surface area is 223 Å². The molecule has 0 aromatic carbocycles. The third-order valence-corrected chi connectivity index (χ3v) is 5.97. The molecule has 0 aliphatic heterocycles. The van der Waals surface area contributed by atoms with E-state index in [2.05, 4.69) is 35.4 Å². The number of anilines is 1. The van der Waals surface area contributed by atoms with Gasteiger partial charge in [-0.3, -0.25) is 24.1 Å². The molecule has 0 aliphatic rings. The quantitative estimate of drug-likeness (QED) is 0.313. The third-order valence-electron chi connectivity index (χ3n) is 5.97. The Bertz CT molecular complexity index is 1880. The molecule has 0 spiro atoms. The van der Waals surface area contributed by atoms with Gasteiger partial charge in [0.1, 0.15) is 18.8 Å². The zero-order chi connectivity index (χ0) is 28.8. The number of rotatable bonds is 7. The smallest absolute Gasteiger partial charge is 0.332 e. The number of amides is 1. The third kappa shape index (κ3) is 4.97. The van der Waals surface area contributed by atoms with E-state index >= 15 is 0 Å². The second-order valence-corrected chi connectivity index (χ2v) is 9.13. The van der Waals surface area contributed by atoms with Crippen LogP contribution >= 0.6 is 0 Å². The molecule has 5 rings (SSSR count). The first kappa shape index (κ1) is 26.5. The maximum absolute atomic E-state index is 13.7. The van der Waals surface area contributed by atoms with Gasteiger partial charge in [-0.1, -0.05) is 5.16 Å². The van der Waals surface area contributed by atoms with Gasteiger partial charge in [0.15, 0.2) is 22.8 Å². The lowest BCUT2D eigenvalue weighted by Crippen LogP contribution is -2.40. The van der Waals surface area contributed by atoms with Gasteiger partial charge in [0, 0.05) is 25.7 Å². The number of pyridine rings is 1. The number of imidazole rings is 1. The zero-order valence-corrected chi connectivity index (χ0v) is 21.7. The Kier molecular flexibility index (Phi) is 6.53. The van der Waals surface area contributed by atoms with Gasteiger partial charge in [0.25, 0.3) is 11.5 Å². The van der Waals surface area contributed by atoms with Gasteiger partial charge in [-0.15, -0.1) is 0 Å². The number of aryl methyl sites for hydroxylation is 3. The number of nitrogens with zero attached hydrogens (tertiary/aromatic N) is 9. The minimum atomic E-state index is -3.09. The molecular formula is C24H22F2N10O4. The monoisotopic (exact) mass is 552 g/mol. The largest absolute Gasteiger partial charge is 0.337 e. The van der Waals surface area contributed by atoms with E-state index in [1.807, 2.05) is 0 Å². The Morgan fingerprint density at radius 1 is 1.12 bits per heavy atom. The fraction of sp³-hybridized carbons (Fsp3) is 0.292. The van der Waals surface area contributed by atoms with Crippen LogP contribution in [0.1, 0.15) is 29.9 Å². The van der Waals surface area contributed by atoms with Crippen LogP contribution in [0.15, 0.2) is 45.1 Å². The van der Waals surface area contributed by atoms with Crippen molar-refractivity contribution in [2.45, 2.75) is 39.8 Å². The predicted octanol–water partition coefficient (Wildman–Crippen LogP) is 1.55. The Morgan fingerprint density at radius 2 is 1.90 bits per heavy atom. The summed E-state index contributed by atoms with van der Waals surface area (Å²) in [7, 11) is 1.45. The molecule has 0 aliphatic carbocycles. The predicted molar refractivity (Wildman–Crippen MR) is 136 cm³/mol. The lowest BCUT2D eigenvalue weighted by Gasteiger charge is -2.13. The van der Waals surface area contributed by atoms with Crippen LogP contribution in [-0.2, 0) is 30.9 Å². The van der Waals surface area contributed by atoms with Crippen LogP contribution in [-0.4, -0.2) is 49.7 Å². The molecule has 0 fully saturated rings. The van der Waals surface area contributed by atoms with Gasteiger partial charge in [0.05, 0.1) is 24.4 Å². The molecule has 206 valence electrons. The SMILES string of the molecule is Cc1noc(Cn2c(=O)c3c(ncn3CC(=O)Nc3cncc(-c4cnc(C(C)(F)F)c(C)c4)n3)n(C)c2=O)n1. The number of fused-ring (bicyclic) bond motifs is 1.